The molecule has 0 aliphatic rings. The lowest BCUT2D eigenvalue weighted by Gasteiger charge is -2.25. The van der Waals surface area contributed by atoms with Crippen molar-refractivity contribution in [3.05, 3.63) is 29.8 Å². The summed E-state index contributed by atoms with van der Waals surface area (Å²) in [6, 6.07) is 3.15. The molecule has 2 N–H and O–H groups in total. The fraction of sp³-hybridized carbons (Fsp3) is 0.667. The van der Waals surface area contributed by atoms with Crippen LogP contribution in [0, 0.1) is 17.7 Å². The van der Waals surface area contributed by atoms with Crippen molar-refractivity contribution >= 4 is 0 Å². The summed E-state index contributed by atoms with van der Waals surface area (Å²) in [5.41, 5.74) is 0.813. The predicted octanol–water partition coefficient (Wildman–Crippen LogP) is 2.91. The van der Waals surface area contributed by atoms with Crippen molar-refractivity contribution in [1.29, 1.82) is 0 Å². The standard InChI is InChI=1S/C15H25FN2O/c1-5-11(4)14(19)9-18-15(10(2)3)13-7-6-12(16)8-17-13/h6-8,10-11,14-15,18-19H,5,9H2,1-4H3. The second kappa shape index (κ2) is 7.56. The van der Waals surface area contributed by atoms with Gasteiger partial charge in [0, 0.05) is 6.54 Å². The van der Waals surface area contributed by atoms with E-state index in [2.05, 4.69) is 31.1 Å². The van der Waals surface area contributed by atoms with Crippen LogP contribution >= 0.6 is 0 Å². The molecule has 0 aromatic carbocycles. The third-order valence-electron chi connectivity index (χ3n) is 3.58. The van der Waals surface area contributed by atoms with Gasteiger partial charge >= 0.3 is 0 Å². The van der Waals surface area contributed by atoms with Crippen molar-refractivity contribution in [2.24, 2.45) is 11.8 Å². The summed E-state index contributed by atoms with van der Waals surface area (Å²) >= 11 is 0. The van der Waals surface area contributed by atoms with Crippen LogP contribution in [0.25, 0.3) is 0 Å². The summed E-state index contributed by atoms with van der Waals surface area (Å²) in [5, 5.41) is 13.3. The van der Waals surface area contributed by atoms with E-state index in [1.807, 2.05) is 6.92 Å². The summed E-state index contributed by atoms with van der Waals surface area (Å²) in [6.45, 7) is 8.79. The molecule has 0 saturated carbocycles. The molecule has 0 aliphatic carbocycles. The van der Waals surface area contributed by atoms with Crippen LogP contribution in [0.15, 0.2) is 18.3 Å². The molecule has 1 aromatic rings. The topological polar surface area (TPSA) is 45.1 Å². The zero-order valence-electron chi connectivity index (χ0n) is 12.2. The molecule has 0 aliphatic heterocycles. The largest absolute Gasteiger partial charge is 0.392 e. The fourth-order valence-corrected chi connectivity index (χ4v) is 1.97. The van der Waals surface area contributed by atoms with Gasteiger partial charge in [0.05, 0.1) is 24.0 Å². The average molecular weight is 268 g/mol. The first kappa shape index (κ1) is 16.1. The third-order valence-corrected chi connectivity index (χ3v) is 3.58. The highest BCUT2D eigenvalue weighted by molar-refractivity contribution is 5.10. The molecule has 3 unspecified atom stereocenters. The minimum Gasteiger partial charge on any atom is -0.392 e. The fourth-order valence-electron chi connectivity index (χ4n) is 1.97. The second-order valence-corrected chi connectivity index (χ2v) is 5.48. The van der Waals surface area contributed by atoms with Gasteiger partial charge in [-0.25, -0.2) is 4.39 Å². The zero-order chi connectivity index (χ0) is 14.4. The summed E-state index contributed by atoms with van der Waals surface area (Å²) in [5.74, 6) is 0.259. The van der Waals surface area contributed by atoms with Crippen molar-refractivity contribution in [1.82, 2.24) is 10.3 Å². The molecule has 1 aromatic heterocycles. The minimum atomic E-state index is -0.369. The Morgan fingerprint density at radius 2 is 2.00 bits per heavy atom. The highest BCUT2D eigenvalue weighted by Crippen LogP contribution is 2.20. The van der Waals surface area contributed by atoms with Crippen molar-refractivity contribution in [3.8, 4) is 0 Å². The van der Waals surface area contributed by atoms with Crippen LogP contribution in [0.1, 0.15) is 45.9 Å². The maximum Gasteiger partial charge on any atom is 0.141 e. The SMILES string of the molecule is CCC(C)C(O)CNC(c1ccc(F)cn1)C(C)C. The Kier molecular flexibility index (Phi) is 6.38. The van der Waals surface area contributed by atoms with E-state index in [-0.39, 0.29) is 23.9 Å². The Hall–Kier alpha value is -1.00. The molecule has 0 radical (unpaired) electrons. The first-order valence-electron chi connectivity index (χ1n) is 6.98. The minimum absolute atomic E-state index is 0.0271. The molecule has 3 nitrogen and oxygen atoms in total. The molecular formula is C15H25FN2O. The van der Waals surface area contributed by atoms with Gasteiger partial charge < -0.3 is 10.4 Å². The third kappa shape index (κ3) is 4.88. The van der Waals surface area contributed by atoms with Crippen LogP contribution in [0.3, 0.4) is 0 Å². The number of halogens is 1. The molecule has 1 heterocycles. The number of aromatic nitrogens is 1. The van der Waals surface area contributed by atoms with Crippen LogP contribution in [0.2, 0.25) is 0 Å². The Morgan fingerprint density at radius 3 is 2.47 bits per heavy atom. The predicted molar refractivity (Wildman–Crippen MR) is 75.2 cm³/mol. The molecular weight excluding hydrogens is 243 g/mol. The Morgan fingerprint density at radius 1 is 1.32 bits per heavy atom. The van der Waals surface area contributed by atoms with E-state index < -0.39 is 0 Å². The average Bonchev–Trinajstić information content (AvgIpc) is 2.39. The smallest absolute Gasteiger partial charge is 0.141 e. The summed E-state index contributed by atoms with van der Waals surface area (Å²) in [7, 11) is 0. The van der Waals surface area contributed by atoms with Gasteiger partial charge in [0.2, 0.25) is 0 Å². The molecule has 3 atom stereocenters. The van der Waals surface area contributed by atoms with E-state index >= 15 is 0 Å². The Balaban J connectivity index is 2.66. The van der Waals surface area contributed by atoms with E-state index in [0.29, 0.717) is 12.5 Å². The van der Waals surface area contributed by atoms with Gasteiger partial charge in [-0.15, -0.1) is 0 Å². The van der Waals surface area contributed by atoms with Crippen LogP contribution in [0.4, 0.5) is 4.39 Å². The number of nitrogens with one attached hydrogen (secondary N) is 1. The first-order chi connectivity index (χ1) is 8.95. The van der Waals surface area contributed by atoms with Crippen LogP contribution < -0.4 is 5.32 Å². The highest BCUT2D eigenvalue weighted by Gasteiger charge is 2.19. The van der Waals surface area contributed by atoms with Crippen molar-refractivity contribution < 1.29 is 9.50 Å². The van der Waals surface area contributed by atoms with Gasteiger partial charge in [-0.2, -0.15) is 0 Å². The molecule has 19 heavy (non-hydrogen) atoms. The van der Waals surface area contributed by atoms with Crippen molar-refractivity contribution in [3.63, 3.8) is 0 Å². The van der Waals surface area contributed by atoms with E-state index in [9.17, 15) is 9.50 Å². The molecule has 0 amide bonds. The van der Waals surface area contributed by atoms with Gasteiger partial charge in [-0.3, -0.25) is 4.98 Å². The Labute approximate surface area is 115 Å². The van der Waals surface area contributed by atoms with E-state index in [0.717, 1.165) is 12.1 Å². The van der Waals surface area contributed by atoms with Gasteiger partial charge in [0.1, 0.15) is 5.82 Å². The molecule has 0 bridgehead atoms. The molecule has 108 valence electrons. The van der Waals surface area contributed by atoms with E-state index in [1.165, 1.54) is 12.3 Å². The Bertz CT molecular complexity index is 367. The molecule has 0 fully saturated rings. The maximum atomic E-state index is 12.9. The summed E-state index contributed by atoms with van der Waals surface area (Å²) in [6.07, 6.45) is 1.81. The second-order valence-electron chi connectivity index (χ2n) is 5.48. The van der Waals surface area contributed by atoms with Gasteiger partial charge in [0.25, 0.3) is 0 Å². The van der Waals surface area contributed by atoms with E-state index in [1.54, 1.807) is 6.07 Å². The molecule has 4 heteroatoms. The van der Waals surface area contributed by atoms with Crippen molar-refractivity contribution in [2.75, 3.05) is 6.54 Å². The van der Waals surface area contributed by atoms with Crippen LogP contribution in [-0.2, 0) is 0 Å². The number of aliphatic hydroxyl groups is 1. The number of pyridine rings is 1. The lowest BCUT2D eigenvalue weighted by molar-refractivity contribution is 0.107. The molecule has 1 rings (SSSR count). The van der Waals surface area contributed by atoms with Gasteiger partial charge in [-0.05, 0) is 24.0 Å². The number of rotatable bonds is 7. The lowest BCUT2D eigenvalue weighted by atomic mass is 9.98. The molecule has 0 saturated heterocycles. The zero-order valence-corrected chi connectivity index (χ0v) is 12.2. The molecule has 0 spiro atoms. The van der Waals surface area contributed by atoms with E-state index in [4.69, 9.17) is 0 Å². The number of hydrogen-bond donors (Lipinski definition) is 2. The monoisotopic (exact) mass is 268 g/mol. The number of aliphatic hydroxyl groups excluding tert-OH is 1. The highest BCUT2D eigenvalue weighted by atomic mass is 19.1. The summed E-state index contributed by atoms with van der Waals surface area (Å²) in [4.78, 5) is 4.12. The van der Waals surface area contributed by atoms with Crippen molar-refractivity contribution in [2.45, 2.75) is 46.3 Å². The summed E-state index contributed by atoms with van der Waals surface area (Å²) < 4.78 is 12.9. The number of nitrogens with zero attached hydrogens (tertiary/aromatic N) is 1. The quantitative estimate of drug-likeness (QED) is 0.799. The van der Waals surface area contributed by atoms with Gasteiger partial charge in [-0.1, -0.05) is 34.1 Å². The number of hydrogen-bond acceptors (Lipinski definition) is 3. The maximum absolute atomic E-state index is 12.9. The first-order valence-corrected chi connectivity index (χ1v) is 6.98. The van der Waals surface area contributed by atoms with Gasteiger partial charge in [0.15, 0.2) is 0 Å². The van der Waals surface area contributed by atoms with Crippen LogP contribution in [-0.4, -0.2) is 22.7 Å². The normalized spacial score (nSPS) is 16.4. The lowest BCUT2D eigenvalue weighted by Crippen LogP contribution is -2.36. The van der Waals surface area contributed by atoms with Crippen LogP contribution in [0.5, 0.6) is 0 Å².